The van der Waals surface area contributed by atoms with Crippen LogP contribution in [-0.2, 0) is 6.42 Å². The Morgan fingerprint density at radius 1 is 1.50 bits per heavy atom. The van der Waals surface area contributed by atoms with Gasteiger partial charge in [-0.05, 0) is 37.0 Å². The van der Waals surface area contributed by atoms with Crippen LogP contribution in [0.5, 0.6) is 0 Å². The van der Waals surface area contributed by atoms with Crippen molar-refractivity contribution < 1.29 is 5.11 Å². The van der Waals surface area contributed by atoms with Gasteiger partial charge in [-0.1, -0.05) is 29.3 Å². The van der Waals surface area contributed by atoms with Crippen LogP contribution in [0.25, 0.3) is 0 Å². The van der Waals surface area contributed by atoms with E-state index in [2.05, 4.69) is 5.32 Å². The summed E-state index contributed by atoms with van der Waals surface area (Å²) in [6.45, 7) is 2.38. The van der Waals surface area contributed by atoms with Crippen LogP contribution in [0.15, 0.2) is 12.1 Å². The van der Waals surface area contributed by atoms with Gasteiger partial charge in [0.1, 0.15) is 0 Å². The van der Waals surface area contributed by atoms with Crippen LogP contribution in [-0.4, -0.2) is 17.8 Å². The van der Waals surface area contributed by atoms with Crippen molar-refractivity contribution in [2.24, 2.45) is 0 Å². The van der Waals surface area contributed by atoms with Crippen molar-refractivity contribution in [1.29, 1.82) is 0 Å². The molecule has 1 aliphatic carbocycles. The number of hydrogen-bond donors (Lipinski definition) is 2. The largest absolute Gasteiger partial charge is 0.392 e. The Balaban J connectivity index is 2.17. The Kier molecular flexibility index (Phi) is 3.75. The van der Waals surface area contributed by atoms with E-state index in [4.69, 9.17) is 23.2 Å². The zero-order valence-electron chi connectivity index (χ0n) is 9.13. The van der Waals surface area contributed by atoms with Gasteiger partial charge in [-0.3, -0.25) is 0 Å². The summed E-state index contributed by atoms with van der Waals surface area (Å²) in [5.41, 5.74) is 2.37. The Hall–Kier alpha value is -0.280. The van der Waals surface area contributed by atoms with E-state index in [1.54, 1.807) is 6.92 Å². The Morgan fingerprint density at radius 3 is 2.94 bits per heavy atom. The van der Waals surface area contributed by atoms with Gasteiger partial charge in [-0.2, -0.15) is 0 Å². The maximum Gasteiger partial charge on any atom is 0.0636 e. The molecule has 0 bridgehead atoms. The standard InChI is InChI=1S/C12H15Cl2NO/c1-7(16)6-15-11-5-3-9-8(11)2-4-10(13)12(9)14/h2,4,7,11,15-16H,3,5-6H2,1H3/t7-,11?/m1/s1. The van der Waals surface area contributed by atoms with Gasteiger partial charge in [-0.25, -0.2) is 0 Å². The number of rotatable bonds is 3. The number of nitrogens with one attached hydrogen (secondary N) is 1. The first kappa shape index (κ1) is 12.2. The van der Waals surface area contributed by atoms with Gasteiger partial charge in [0.05, 0.1) is 16.1 Å². The lowest BCUT2D eigenvalue weighted by atomic mass is 10.1. The average Bonchev–Trinajstić information content (AvgIpc) is 2.64. The molecular weight excluding hydrogens is 245 g/mol. The fourth-order valence-electron chi connectivity index (χ4n) is 2.16. The first-order valence-corrected chi connectivity index (χ1v) is 6.23. The van der Waals surface area contributed by atoms with Crippen molar-refractivity contribution in [2.45, 2.75) is 31.9 Å². The summed E-state index contributed by atoms with van der Waals surface area (Å²) < 4.78 is 0. The summed E-state index contributed by atoms with van der Waals surface area (Å²) in [7, 11) is 0. The minimum atomic E-state index is -0.327. The summed E-state index contributed by atoms with van der Waals surface area (Å²) in [5, 5.41) is 13.9. The fraction of sp³-hybridized carbons (Fsp3) is 0.500. The predicted octanol–water partition coefficient (Wildman–Crippen LogP) is 2.95. The lowest BCUT2D eigenvalue weighted by molar-refractivity contribution is 0.186. The van der Waals surface area contributed by atoms with Crippen LogP contribution in [0.2, 0.25) is 10.0 Å². The van der Waals surface area contributed by atoms with Gasteiger partial charge in [-0.15, -0.1) is 0 Å². The van der Waals surface area contributed by atoms with Crippen LogP contribution in [0.1, 0.15) is 30.5 Å². The number of fused-ring (bicyclic) bond motifs is 1. The molecule has 0 aliphatic heterocycles. The molecule has 2 atom stereocenters. The molecule has 88 valence electrons. The number of halogens is 2. The molecule has 2 rings (SSSR count). The van der Waals surface area contributed by atoms with Gasteiger partial charge >= 0.3 is 0 Å². The van der Waals surface area contributed by atoms with E-state index in [-0.39, 0.29) is 6.10 Å². The highest BCUT2D eigenvalue weighted by Gasteiger charge is 2.25. The molecule has 1 aromatic rings. The Bertz CT molecular complexity index is 393. The van der Waals surface area contributed by atoms with Crippen LogP contribution in [0.4, 0.5) is 0 Å². The number of aliphatic hydroxyl groups excluding tert-OH is 1. The molecule has 0 saturated carbocycles. The van der Waals surface area contributed by atoms with Gasteiger partial charge in [0.2, 0.25) is 0 Å². The molecule has 16 heavy (non-hydrogen) atoms. The lowest BCUT2D eigenvalue weighted by Gasteiger charge is -2.15. The van der Waals surface area contributed by atoms with Crippen molar-refractivity contribution in [2.75, 3.05) is 6.54 Å². The second kappa shape index (κ2) is 4.92. The van der Waals surface area contributed by atoms with Crippen molar-refractivity contribution in [3.05, 3.63) is 33.3 Å². The highest BCUT2D eigenvalue weighted by Crippen LogP contribution is 2.38. The smallest absolute Gasteiger partial charge is 0.0636 e. The normalized spacial score (nSPS) is 20.9. The van der Waals surface area contributed by atoms with E-state index in [9.17, 15) is 5.11 Å². The average molecular weight is 260 g/mol. The van der Waals surface area contributed by atoms with E-state index >= 15 is 0 Å². The zero-order chi connectivity index (χ0) is 11.7. The third kappa shape index (κ3) is 2.35. The number of hydrogen-bond acceptors (Lipinski definition) is 2. The zero-order valence-corrected chi connectivity index (χ0v) is 10.6. The predicted molar refractivity (Wildman–Crippen MR) is 67.2 cm³/mol. The van der Waals surface area contributed by atoms with Crippen molar-refractivity contribution >= 4 is 23.2 Å². The first-order chi connectivity index (χ1) is 7.59. The van der Waals surface area contributed by atoms with Gasteiger partial charge in [0.15, 0.2) is 0 Å². The second-order valence-electron chi connectivity index (χ2n) is 4.28. The number of benzene rings is 1. The SMILES string of the molecule is C[C@@H](O)CNC1CCc2c1ccc(Cl)c2Cl. The van der Waals surface area contributed by atoms with E-state index in [1.807, 2.05) is 12.1 Å². The molecule has 0 amide bonds. The quantitative estimate of drug-likeness (QED) is 0.875. The van der Waals surface area contributed by atoms with E-state index in [0.717, 1.165) is 18.4 Å². The molecule has 2 N–H and O–H groups in total. The monoisotopic (exact) mass is 259 g/mol. The molecule has 1 aliphatic rings. The third-order valence-electron chi connectivity index (χ3n) is 2.95. The van der Waals surface area contributed by atoms with E-state index < -0.39 is 0 Å². The summed E-state index contributed by atoms with van der Waals surface area (Å²) in [6, 6.07) is 4.15. The summed E-state index contributed by atoms with van der Waals surface area (Å²) in [6.07, 6.45) is 1.64. The van der Waals surface area contributed by atoms with Crippen LogP contribution >= 0.6 is 23.2 Å². The molecule has 0 saturated heterocycles. The van der Waals surface area contributed by atoms with Gasteiger partial charge in [0, 0.05) is 12.6 Å². The Morgan fingerprint density at radius 2 is 2.25 bits per heavy atom. The minimum absolute atomic E-state index is 0.291. The maximum atomic E-state index is 9.25. The maximum absolute atomic E-state index is 9.25. The molecule has 0 radical (unpaired) electrons. The summed E-state index contributed by atoms with van der Waals surface area (Å²) >= 11 is 12.1. The van der Waals surface area contributed by atoms with Gasteiger partial charge in [0.25, 0.3) is 0 Å². The Labute approximate surface area is 106 Å². The summed E-state index contributed by atoms with van der Waals surface area (Å²) in [5.74, 6) is 0. The third-order valence-corrected chi connectivity index (χ3v) is 3.79. The van der Waals surface area contributed by atoms with Crippen LogP contribution < -0.4 is 5.32 Å². The molecule has 2 nitrogen and oxygen atoms in total. The summed E-state index contributed by atoms with van der Waals surface area (Å²) in [4.78, 5) is 0. The van der Waals surface area contributed by atoms with Crippen molar-refractivity contribution in [3.8, 4) is 0 Å². The topological polar surface area (TPSA) is 32.3 Å². The highest BCUT2D eigenvalue weighted by atomic mass is 35.5. The number of aliphatic hydroxyl groups is 1. The van der Waals surface area contributed by atoms with E-state index in [0.29, 0.717) is 22.6 Å². The highest BCUT2D eigenvalue weighted by molar-refractivity contribution is 6.42. The molecule has 1 unspecified atom stereocenters. The van der Waals surface area contributed by atoms with Gasteiger partial charge < -0.3 is 10.4 Å². The van der Waals surface area contributed by atoms with Crippen LogP contribution in [0.3, 0.4) is 0 Å². The molecule has 0 fully saturated rings. The van der Waals surface area contributed by atoms with Crippen molar-refractivity contribution in [3.63, 3.8) is 0 Å². The second-order valence-corrected chi connectivity index (χ2v) is 5.06. The molecule has 4 heteroatoms. The molecule has 0 heterocycles. The molecular formula is C12H15Cl2NO. The molecule has 1 aromatic carbocycles. The van der Waals surface area contributed by atoms with Crippen LogP contribution in [0, 0.1) is 0 Å². The molecule has 0 spiro atoms. The minimum Gasteiger partial charge on any atom is -0.392 e. The fourth-order valence-corrected chi connectivity index (χ4v) is 2.60. The van der Waals surface area contributed by atoms with E-state index in [1.165, 1.54) is 5.56 Å². The van der Waals surface area contributed by atoms with Crippen molar-refractivity contribution in [1.82, 2.24) is 5.32 Å². The lowest BCUT2D eigenvalue weighted by Crippen LogP contribution is -2.27. The molecule has 0 aromatic heterocycles. The first-order valence-electron chi connectivity index (χ1n) is 5.48.